The number of rotatable bonds is 1. The van der Waals surface area contributed by atoms with E-state index in [1.54, 1.807) is 6.20 Å². The van der Waals surface area contributed by atoms with E-state index >= 15 is 0 Å². The van der Waals surface area contributed by atoms with Crippen molar-refractivity contribution in [1.82, 2.24) is 9.55 Å². The first-order chi connectivity index (χ1) is 9.85. The van der Waals surface area contributed by atoms with Gasteiger partial charge in [0.15, 0.2) is 5.65 Å². The topological polar surface area (TPSA) is 44.1 Å². The van der Waals surface area contributed by atoms with Crippen LogP contribution in [0.4, 0.5) is 4.79 Å². The van der Waals surface area contributed by atoms with Crippen molar-refractivity contribution >= 4 is 33.1 Å². The largest absolute Gasteiger partial charge is 0.443 e. The number of pyridine rings is 1. The molecule has 0 N–H and O–H groups in total. The summed E-state index contributed by atoms with van der Waals surface area (Å²) in [5.74, 6) is 0.624. The van der Waals surface area contributed by atoms with Crippen LogP contribution in [-0.2, 0) is 4.74 Å². The summed E-state index contributed by atoms with van der Waals surface area (Å²) >= 11 is 3.52. The normalized spacial score (nSPS) is 16.0. The SMILES string of the molecule is CC(C)(C)OC(=O)n1cc(Br)c2cc(C3CCC3)cnc21. The van der Waals surface area contributed by atoms with Gasteiger partial charge in [-0.2, -0.15) is 0 Å². The highest BCUT2D eigenvalue weighted by Crippen LogP contribution is 2.38. The highest BCUT2D eigenvalue weighted by molar-refractivity contribution is 9.10. The monoisotopic (exact) mass is 350 g/mol. The fraction of sp³-hybridized carbons (Fsp3) is 0.500. The predicted molar refractivity (Wildman–Crippen MR) is 85.7 cm³/mol. The molecule has 0 amide bonds. The number of fused-ring (bicyclic) bond motifs is 1. The molecule has 1 saturated carbocycles. The van der Waals surface area contributed by atoms with Gasteiger partial charge in [-0.15, -0.1) is 0 Å². The number of nitrogens with zero attached hydrogens (tertiary/aromatic N) is 2. The van der Waals surface area contributed by atoms with E-state index in [0.717, 1.165) is 9.86 Å². The third kappa shape index (κ3) is 2.84. The molecule has 4 nitrogen and oxygen atoms in total. The molecule has 0 spiro atoms. The van der Waals surface area contributed by atoms with Crippen LogP contribution in [0.5, 0.6) is 0 Å². The van der Waals surface area contributed by atoms with E-state index in [1.165, 1.54) is 29.4 Å². The zero-order chi connectivity index (χ0) is 15.2. The number of hydrogen-bond acceptors (Lipinski definition) is 3. The van der Waals surface area contributed by atoms with Gasteiger partial charge in [-0.05, 0) is 67.1 Å². The van der Waals surface area contributed by atoms with Gasteiger partial charge in [0.1, 0.15) is 5.60 Å². The smallest absolute Gasteiger partial charge is 0.420 e. The second kappa shape index (κ2) is 5.13. The molecular weight excluding hydrogens is 332 g/mol. The highest BCUT2D eigenvalue weighted by atomic mass is 79.9. The van der Waals surface area contributed by atoms with Gasteiger partial charge < -0.3 is 4.74 Å². The number of halogens is 1. The molecule has 1 aliphatic rings. The highest BCUT2D eigenvalue weighted by Gasteiger charge is 2.23. The Balaban J connectivity index is 1.99. The summed E-state index contributed by atoms with van der Waals surface area (Å²) in [6.07, 6.45) is 6.98. The molecule has 0 saturated heterocycles. The van der Waals surface area contributed by atoms with Gasteiger partial charge in [0.2, 0.25) is 0 Å². The van der Waals surface area contributed by atoms with Gasteiger partial charge in [-0.3, -0.25) is 0 Å². The molecular formula is C16H19BrN2O2. The predicted octanol–water partition coefficient (Wildman–Crippen LogP) is 4.85. The van der Waals surface area contributed by atoms with E-state index in [2.05, 4.69) is 27.0 Å². The molecule has 1 aliphatic carbocycles. The maximum Gasteiger partial charge on any atom is 0.420 e. The molecule has 0 unspecified atom stereocenters. The molecule has 21 heavy (non-hydrogen) atoms. The lowest BCUT2D eigenvalue weighted by atomic mass is 9.80. The zero-order valence-corrected chi connectivity index (χ0v) is 14.1. The number of aromatic nitrogens is 2. The Morgan fingerprint density at radius 2 is 2.14 bits per heavy atom. The molecule has 3 rings (SSSR count). The van der Waals surface area contributed by atoms with Crippen LogP contribution >= 0.6 is 15.9 Å². The van der Waals surface area contributed by atoms with Crippen LogP contribution in [0.25, 0.3) is 11.0 Å². The second-order valence-corrected chi connectivity index (χ2v) is 7.45. The minimum absolute atomic E-state index is 0.401. The lowest BCUT2D eigenvalue weighted by molar-refractivity contribution is 0.0543. The Hall–Kier alpha value is -1.36. The molecule has 0 atom stereocenters. The summed E-state index contributed by atoms with van der Waals surface area (Å²) < 4.78 is 7.76. The van der Waals surface area contributed by atoms with Gasteiger partial charge in [0.25, 0.3) is 0 Å². The van der Waals surface area contributed by atoms with Crippen LogP contribution in [0.2, 0.25) is 0 Å². The maximum absolute atomic E-state index is 12.3. The van der Waals surface area contributed by atoms with E-state index in [1.807, 2.05) is 27.0 Å². The first-order valence-corrected chi connectivity index (χ1v) is 8.04. The Bertz CT molecular complexity index is 696. The van der Waals surface area contributed by atoms with Crippen molar-refractivity contribution in [3.63, 3.8) is 0 Å². The van der Waals surface area contributed by atoms with Crippen LogP contribution in [0.15, 0.2) is 22.9 Å². The standard InChI is InChI=1S/C16H19BrN2O2/c1-16(2,3)21-15(20)19-9-13(17)12-7-11(8-18-14(12)19)10-5-4-6-10/h7-10H,4-6H2,1-3H3. The first-order valence-electron chi connectivity index (χ1n) is 7.25. The number of hydrogen-bond donors (Lipinski definition) is 0. The fourth-order valence-electron chi connectivity index (χ4n) is 2.50. The first kappa shape index (κ1) is 14.6. The van der Waals surface area contributed by atoms with E-state index in [4.69, 9.17) is 4.74 Å². The third-order valence-corrected chi connectivity index (χ3v) is 4.41. The fourth-order valence-corrected chi connectivity index (χ4v) is 3.00. The Kier molecular flexibility index (Phi) is 3.56. The molecule has 2 aromatic rings. The third-order valence-electron chi connectivity index (χ3n) is 3.78. The Morgan fingerprint density at radius 1 is 1.43 bits per heavy atom. The Labute approximate surface area is 132 Å². The lowest BCUT2D eigenvalue weighted by Gasteiger charge is -2.25. The molecule has 1 fully saturated rings. The van der Waals surface area contributed by atoms with Crippen LogP contribution in [0, 0.1) is 0 Å². The average Bonchev–Trinajstić information content (AvgIpc) is 2.63. The summed E-state index contributed by atoms with van der Waals surface area (Å²) in [4.78, 5) is 16.7. The number of ether oxygens (including phenoxy) is 1. The van der Waals surface area contributed by atoms with Crippen molar-refractivity contribution in [3.8, 4) is 0 Å². The van der Waals surface area contributed by atoms with Gasteiger partial charge >= 0.3 is 6.09 Å². The molecule has 0 bridgehead atoms. The molecule has 0 radical (unpaired) electrons. The summed E-state index contributed by atoms with van der Waals surface area (Å²) in [5, 5.41) is 0.963. The van der Waals surface area contributed by atoms with Gasteiger partial charge in [-0.25, -0.2) is 14.3 Å². The Morgan fingerprint density at radius 3 is 2.71 bits per heavy atom. The van der Waals surface area contributed by atoms with Gasteiger partial charge in [-0.1, -0.05) is 6.42 Å². The summed E-state index contributed by atoms with van der Waals surface area (Å²) in [5.41, 5.74) is 1.38. The molecule has 0 aromatic carbocycles. The molecule has 0 aliphatic heterocycles. The van der Waals surface area contributed by atoms with E-state index in [9.17, 15) is 4.79 Å². The van der Waals surface area contributed by atoms with E-state index in [-0.39, 0.29) is 0 Å². The molecule has 112 valence electrons. The van der Waals surface area contributed by atoms with Crippen LogP contribution < -0.4 is 0 Å². The van der Waals surface area contributed by atoms with Crippen molar-refractivity contribution in [2.24, 2.45) is 0 Å². The lowest BCUT2D eigenvalue weighted by Crippen LogP contribution is -2.26. The summed E-state index contributed by atoms with van der Waals surface area (Å²) in [6.45, 7) is 5.56. The van der Waals surface area contributed by atoms with Crippen molar-refractivity contribution in [2.45, 2.75) is 51.6 Å². The van der Waals surface area contributed by atoms with Gasteiger partial charge in [0, 0.05) is 22.3 Å². The molecule has 5 heteroatoms. The zero-order valence-electron chi connectivity index (χ0n) is 12.5. The number of carbonyl (C=O) groups is 1. The van der Waals surface area contributed by atoms with E-state index < -0.39 is 11.7 Å². The van der Waals surface area contributed by atoms with Crippen LogP contribution in [0.1, 0.15) is 51.5 Å². The van der Waals surface area contributed by atoms with Crippen LogP contribution in [-0.4, -0.2) is 21.2 Å². The second-order valence-electron chi connectivity index (χ2n) is 6.60. The quantitative estimate of drug-likeness (QED) is 0.738. The molecule has 2 heterocycles. The minimum Gasteiger partial charge on any atom is -0.443 e. The van der Waals surface area contributed by atoms with Gasteiger partial charge in [0.05, 0.1) is 0 Å². The summed E-state index contributed by atoms with van der Waals surface area (Å²) in [6, 6.07) is 2.14. The van der Waals surface area contributed by atoms with Crippen LogP contribution in [0.3, 0.4) is 0 Å². The van der Waals surface area contributed by atoms with Crippen molar-refractivity contribution < 1.29 is 9.53 Å². The van der Waals surface area contributed by atoms with E-state index in [0.29, 0.717) is 11.6 Å². The summed E-state index contributed by atoms with van der Waals surface area (Å²) in [7, 11) is 0. The average molecular weight is 351 g/mol. The molecule has 2 aromatic heterocycles. The van der Waals surface area contributed by atoms with Crippen molar-refractivity contribution in [2.75, 3.05) is 0 Å². The van der Waals surface area contributed by atoms with Crippen molar-refractivity contribution in [3.05, 3.63) is 28.5 Å². The number of carbonyl (C=O) groups excluding carboxylic acids is 1. The van der Waals surface area contributed by atoms with Crippen molar-refractivity contribution in [1.29, 1.82) is 0 Å². The maximum atomic E-state index is 12.3. The minimum atomic E-state index is -0.522.